The molecule has 1 atom stereocenters. The maximum absolute atomic E-state index is 13.4. The first-order valence-electron chi connectivity index (χ1n) is 13.1. The first-order valence-corrected chi connectivity index (χ1v) is 13.1. The van der Waals surface area contributed by atoms with Crippen LogP contribution in [0.25, 0.3) is 10.9 Å². The Morgan fingerprint density at radius 3 is 2.42 bits per heavy atom. The highest BCUT2D eigenvalue weighted by molar-refractivity contribution is 5.96. The van der Waals surface area contributed by atoms with Gasteiger partial charge in [-0.05, 0) is 55.3 Å². The smallest absolute Gasteiger partial charge is 0.253 e. The highest BCUT2D eigenvalue weighted by Gasteiger charge is 2.33. The molecule has 0 aliphatic carbocycles. The minimum absolute atomic E-state index is 0.0807. The summed E-state index contributed by atoms with van der Waals surface area (Å²) in [6.07, 6.45) is 3.41. The van der Waals surface area contributed by atoms with E-state index in [0.29, 0.717) is 37.4 Å². The predicted molar refractivity (Wildman–Crippen MR) is 146 cm³/mol. The molecule has 0 bridgehead atoms. The molecule has 9 nitrogen and oxygen atoms in total. The Labute approximate surface area is 222 Å². The van der Waals surface area contributed by atoms with Crippen LogP contribution in [0.4, 0.5) is 11.4 Å². The number of fused-ring (bicyclic) bond motifs is 1. The second kappa shape index (κ2) is 11.1. The van der Waals surface area contributed by atoms with Crippen LogP contribution in [0.15, 0.2) is 54.7 Å². The number of carbonyl (C=O) groups excluding carboxylic acids is 3. The summed E-state index contributed by atoms with van der Waals surface area (Å²) in [6.45, 7) is 5.30. The van der Waals surface area contributed by atoms with Crippen molar-refractivity contribution in [3.8, 4) is 5.75 Å². The van der Waals surface area contributed by atoms with Crippen molar-refractivity contribution in [2.45, 2.75) is 19.8 Å². The number of likely N-dealkylation sites (tertiary alicyclic amines) is 1. The SMILES string of the molecule is COc1ccc2c(N3CCN(C(=O)C4CCCN(C(=O)c5ccc(NC(C)=O)cc5)C4)CC3)ccnc2c1. The third-order valence-corrected chi connectivity index (χ3v) is 7.37. The maximum Gasteiger partial charge on any atom is 0.253 e. The number of carbonyl (C=O) groups is 3. The number of aromatic nitrogens is 1. The van der Waals surface area contributed by atoms with Crippen LogP contribution < -0.4 is 15.0 Å². The van der Waals surface area contributed by atoms with Crippen molar-refractivity contribution >= 4 is 40.0 Å². The van der Waals surface area contributed by atoms with E-state index in [1.165, 1.54) is 6.92 Å². The quantitative estimate of drug-likeness (QED) is 0.560. The van der Waals surface area contributed by atoms with Gasteiger partial charge in [-0.2, -0.15) is 0 Å². The number of pyridine rings is 1. The summed E-state index contributed by atoms with van der Waals surface area (Å²) in [4.78, 5) is 48.3. The lowest BCUT2D eigenvalue weighted by atomic mass is 9.95. The van der Waals surface area contributed by atoms with Crippen LogP contribution in [0.1, 0.15) is 30.1 Å². The zero-order valence-electron chi connectivity index (χ0n) is 21.9. The van der Waals surface area contributed by atoms with E-state index in [1.807, 2.05) is 35.4 Å². The van der Waals surface area contributed by atoms with Gasteiger partial charge < -0.3 is 24.8 Å². The van der Waals surface area contributed by atoms with Crippen molar-refractivity contribution in [2.24, 2.45) is 5.92 Å². The number of piperazine rings is 1. The lowest BCUT2D eigenvalue weighted by Gasteiger charge is -2.40. The van der Waals surface area contributed by atoms with Crippen LogP contribution in [0.5, 0.6) is 5.75 Å². The number of nitrogens with one attached hydrogen (secondary N) is 1. The van der Waals surface area contributed by atoms with Crippen molar-refractivity contribution in [3.05, 3.63) is 60.3 Å². The second-order valence-electron chi connectivity index (χ2n) is 9.87. The fourth-order valence-electron chi connectivity index (χ4n) is 5.39. The maximum atomic E-state index is 13.4. The summed E-state index contributed by atoms with van der Waals surface area (Å²) in [5, 5.41) is 3.78. The third-order valence-electron chi connectivity index (χ3n) is 7.37. The Bertz CT molecular complexity index is 1330. The number of rotatable bonds is 5. The van der Waals surface area contributed by atoms with Crippen molar-refractivity contribution < 1.29 is 19.1 Å². The Hall–Kier alpha value is -4.14. The molecule has 9 heteroatoms. The van der Waals surface area contributed by atoms with Crippen molar-refractivity contribution in [1.29, 1.82) is 0 Å². The van der Waals surface area contributed by atoms with Gasteiger partial charge in [0.25, 0.3) is 5.91 Å². The lowest BCUT2D eigenvalue weighted by Crippen LogP contribution is -2.53. The Morgan fingerprint density at radius 1 is 0.947 bits per heavy atom. The van der Waals surface area contributed by atoms with Gasteiger partial charge in [-0.3, -0.25) is 19.4 Å². The van der Waals surface area contributed by atoms with E-state index in [9.17, 15) is 14.4 Å². The molecule has 3 amide bonds. The molecule has 2 saturated heterocycles. The van der Waals surface area contributed by atoms with Crippen LogP contribution in [0.3, 0.4) is 0 Å². The monoisotopic (exact) mass is 515 g/mol. The first-order chi connectivity index (χ1) is 18.4. The molecular formula is C29H33N5O4. The van der Waals surface area contributed by atoms with Crippen LogP contribution >= 0.6 is 0 Å². The third kappa shape index (κ3) is 5.41. The standard InChI is InChI=1S/C29H33N5O4/c1-20(35)31-23-7-5-21(6-8-23)28(36)34-13-3-4-22(19-34)29(37)33-16-14-32(15-17-33)27-11-12-30-26-18-24(38-2)9-10-25(26)27/h5-12,18,22H,3-4,13-17,19H2,1-2H3,(H,31,35). The lowest BCUT2D eigenvalue weighted by molar-refractivity contribution is -0.137. The molecule has 1 aromatic heterocycles. The first kappa shape index (κ1) is 25.5. The number of amides is 3. The average Bonchev–Trinajstić information content (AvgIpc) is 2.96. The number of nitrogens with zero attached hydrogens (tertiary/aromatic N) is 4. The fourth-order valence-corrected chi connectivity index (χ4v) is 5.39. The van der Waals surface area contributed by atoms with Gasteiger partial charge in [0.05, 0.1) is 18.5 Å². The zero-order chi connectivity index (χ0) is 26.6. The van der Waals surface area contributed by atoms with Crippen LogP contribution in [-0.4, -0.2) is 78.9 Å². The molecule has 0 saturated carbocycles. The van der Waals surface area contributed by atoms with Gasteiger partial charge in [0.15, 0.2) is 0 Å². The number of benzene rings is 2. The van der Waals surface area contributed by atoms with Gasteiger partial charge in [-0.15, -0.1) is 0 Å². The normalized spacial score (nSPS) is 17.8. The van der Waals surface area contributed by atoms with Gasteiger partial charge in [-0.1, -0.05) is 0 Å². The van der Waals surface area contributed by atoms with Crippen molar-refractivity contribution in [3.63, 3.8) is 0 Å². The second-order valence-corrected chi connectivity index (χ2v) is 9.87. The summed E-state index contributed by atoms with van der Waals surface area (Å²) >= 11 is 0. The summed E-state index contributed by atoms with van der Waals surface area (Å²) in [5.41, 5.74) is 3.21. The molecule has 2 fully saturated rings. The van der Waals surface area contributed by atoms with Crippen LogP contribution in [0.2, 0.25) is 0 Å². The van der Waals surface area contributed by atoms with E-state index in [4.69, 9.17) is 4.74 Å². The average molecular weight is 516 g/mol. The van der Waals surface area contributed by atoms with E-state index < -0.39 is 0 Å². The van der Waals surface area contributed by atoms with Crippen LogP contribution in [-0.2, 0) is 9.59 Å². The Balaban J connectivity index is 1.19. The molecule has 3 aromatic rings. The van der Waals surface area contributed by atoms with E-state index in [1.54, 1.807) is 36.3 Å². The molecule has 1 unspecified atom stereocenters. The molecular weight excluding hydrogens is 482 g/mol. The van der Waals surface area contributed by atoms with E-state index in [2.05, 4.69) is 15.2 Å². The molecule has 2 aliphatic heterocycles. The summed E-state index contributed by atoms with van der Waals surface area (Å²) < 4.78 is 5.33. The van der Waals surface area contributed by atoms with Gasteiger partial charge >= 0.3 is 0 Å². The highest BCUT2D eigenvalue weighted by Crippen LogP contribution is 2.29. The van der Waals surface area contributed by atoms with Gasteiger partial charge in [0.2, 0.25) is 11.8 Å². The van der Waals surface area contributed by atoms with Gasteiger partial charge in [0.1, 0.15) is 5.75 Å². The van der Waals surface area contributed by atoms with Gasteiger partial charge in [-0.25, -0.2) is 0 Å². The number of piperidine rings is 1. The Morgan fingerprint density at radius 2 is 1.71 bits per heavy atom. The topological polar surface area (TPSA) is 95.1 Å². The summed E-state index contributed by atoms with van der Waals surface area (Å²) in [7, 11) is 1.65. The van der Waals surface area contributed by atoms with E-state index >= 15 is 0 Å². The van der Waals surface area contributed by atoms with Crippen molar-refractivity contribution in [1.82, 2.24) is 14.8 Å². The molecule has 2 aromatic carbocycles. The summed E-state index contributed by atoms with van der Waals surface area (Å²) in [5.74, 6) is 0.485. The highest BCUT2D eigenvalue weighted by atomic mass is 16.5. The minimum Gasteiger partial charge on any atom is -0.497 e. The van der Waals surface area contributed by atoms with Gasteiger partial charge in [0, 0.05) is 80.8 Å². The zero-order valence-corrected chi connectivity index (χ0v) is 21.9. The number of hydrogen-bond donors (Lipinski definition) is 1. The number of anilines is 2. The fraction of sp³-hybridized carbons (Fsp3) is 0.379. The van der Waals surface area contributed by atoms with E-state index in [0.717, 1.165) is 48.3 Å². The van der Waals surface area contributed by atoms with Crippen molar-refractivity contribution in [2.75, 3.05) is 56.6 Å². The molecule has 1 N–H and O–H groups in total. The number of methoxy groups -OCH3 is 1. The number of hydrogen-bond acceptors (Lipinski definition) is 6. The molecule has 3 heterocycles. The predicted octanol–water partition coefficient (Wildman–Crippen LogP) is 3.40. The molecule has 5 rings (SSSR count). The number of ether oxygens (including phenoxy) is 1. The largest absolute Gasteiger partial charge is 0.497 e. The summed E-state index contributed by atoms with van der Waals surface area (Å²) in [6, 6.07) is 14.8. The molecule has 0 radical (unpaired) electrons. The molecule has 198 valence electrons. The molecule has 2 aliphatic rings. The van der Waals surface area contributed by atoms with E-state index in [-0.39, 0.29) is 23.6 Å². The Kier molecular flexibility index (Phi) is 7.44. The molecule has 38 heavy (non-hydrogen) atoms. The minimum atomic E-state index is -0.188. The van der Waals surface area contributed by atoms with Crippen LogP contribution in [0, 0.1) is 5.92 Å². The molecule has 0 spiro atoms.